The number of unbranched alkanes of at least 4 members (excludes halogenated alkanes) is 1. The predicted molar refractivity (Wildman–Crippen MR) is 118 cm³/mol. The maximum atomic E-state index is 12.7. The molecule has 0 fully saturated rings. The summed E-state index contributed by atoms with van der Waals surface area (Å²) in [7, 11) is 0. The van der Waals surface area contributed by atoms with Crippen molar-refractivity contribution in [2.45, 2.75) is 39.0 Å². The van der Waals surface area contributed by atoms with Crippen LogP contribution in [-0.4, -0.2) is 56.6 Å². The minimum atomic E-state index is -4.43. The normalized spacial score (nSPS) is 12.8. The maximum Gasteiger partial charge on any atom is 0.416 e. The molecule has 0 aliphatic carbocycles. The summed E-state index contributed by atoms with van der Waals surface area (Å²) in [5.41, 5.74) is -0.791. The molecule has 0 spiro atoms. The molecule has 0 aliphatic rings. The van der Waals surface area contributed by atoms with Crippen molar-refractivity contribution in [3.05, 3.63) is 29.8 Å². The van der Waals surface area contributed by atoms with Crippen molar-refractivity contribution >= 4 is 29.9 Å². The summed E-state index contributed by atoms with van der Waals surface area (Å²) in [4.78, 5) is 4.27. The SMILES string of the molecule is CCNC(=NCC(O)COc1cccc(C(F)(F)F)c1)NCCCCOCC.I. The van der Waals surface area contributed by atoms with E-state index < -0.39 is 17.8 Å². The van der Waals surface area contributed by atoms with E-state index in [0.717, 1.165) is 38.1 Å². The highest BCUT2D eigenvalue weighted by atomic mass is 127. The average Bonchev–Trinajstić information content (AvgIpc) is 2.66. The van der Waals surface area contributed by atoms with E-state index in [2.05, 4.69) is 15.6 Å². The van der Waals surface area contributed by atoms with Crippen molar-refractivity contribution < 1.29 is 27.8 Å². The van der Waals surface area contributed by atoms with Crippen LogP contribution in [0.2, 0.25) is 0 Å². The summed E-state index contributed by atoms with van der Waals surface area (Å²) in [6, 6.07) is 4.56. The van der Waals surface area contributed by atoms with Gasteiger partial charge in [-0.3, -0.25) is 4.99 Å². The molecule has 0 radical (unpaired) electrons. The molecule has 0 amide bonds. The summed E-state index contributed by atoms with van der Waals surface area (Å²) in [5.74, 6) is 0.620. The molecule has 29 heavy (non-hydrogen) atoms. The number of nitrogens with zero attached hydrogens (tertiary/aromatic N) is 1. The van der Waals surface area contributed by atoms with E-state index in [0.29, 0.717) is 19.1 Å². The lowest BCUT2D eigenvalue weighted by Crippen LogP contribution is -2.38. The van der Waals surface area contributed by atoms with Crippen molar-refractivity contribution in [1.82, 2.24) is 10.6 Å². The standard InChI is InChI=1S/C19H30F3N3O3.HI/c1-3-23-18(24-10-5-6-11-27-4-2)25-13-16(26)14-28-17-9-7-8-15(12-17)19(20,21)22;/h7-9,12,16,26H,3-6,10-11,13-14H2,1-2H3,(H2,23,24,25);1H. The first-order valence-corrected chi connectivity index (χ1v) is 9.44. The molecule has 0 aliphatic heterocycles. The molecule has 1 aromatic rings. The van der Waals surface area contributed by atoms with Gasteiger partial charge in [0, 0.05) is 26.3 Å². The Kier molecular flexibility index (Phi) is 14.9. The summed E-state index contributed by atoms with van der Waals surface area (Å²) < 4.78 is 48.6. The molecular weight excluding hydrogens is 502 g/mol. The molecule has 0 heterocycles. The van der Waals surface area contributed by atoms with Crippen LogP contribution in [0.1, 0.15) is 32.3 Å². The van der Waals surface area contributed by atoms with Gasteiger partial charge in [-0.15, -0.1) is 24.0 Å². The molecule has 168 valence electrons. The number of aliphatic imine (C=N–C) groups is 1. The second kappa shape index (κ2) is 15.6. The van der Waals surface area contributed by atoms with E-state index >= 15 is 0 Å². The third-order valence-electron chi connectivity index (χ3n) is 3.62. The molecule has 0 saturated carbocycles. The molecular formula is C19H31F3IN3O3. The highest BCUT2D eigenvalue weighted by Gasteiger charge is 2.30. The topological polar surface area (TPSA) is 75.1 Å². The maximum absolute atomic E-state index is 12.7. The molecule has 3 N–H and O–H groups in total. The van der Waals surface area contributed by atoms with Gasteiger partial charge in [-0.25, -0.2) is 0 Å². The average molecular weight is 533 g/mol. The van der Waals surface area contributed by atoms with Gasteiger partial charge in [-0.05, 0) is 44.9 Å². The summed E-state index contributed by atoms with van der Waals surface area (Å²) in [6.45, 7) is 6.61. The van der Waals surface area contributed by atoms with Gasteiger partial charge in [-0.2, -0.15) is 13.2 Å². The van der Waals surface area contributed by atoms with Gasteiger partial charge in [0.1, 0.15) is 18.5 Å². The Morgan fingerprint density at radius 2 is 1.97 bits per heavy atom. The fourth-order valence-corrected chi connectivity index (χ4v) is 2.23. The zero-order valence-corrected chi connectivity index (χ0v) is 19.1. The highest BCUT2D eigenvalue weighted by molar-refractivity contribution is 14.0. The molecule has 0 saturated heterocycles. The third kappa shape index (κ3) is 12.8. The Morgan fingerprint density at radius 1 is 1.21 bits per heavy atom. The molecule has 1 atom stereocenters. The lowest BCUT2D eigenvalue weighted by atomic mass is 10.2. The summed E-state index contributed by atoms with van der Waals surface area (Å²) in [6.07, 6.45) is -3.51. The number of hydrogen-bond acceptors (Lipinski definition) is 4. The van der Waals surface area contributed by atoms with Gasteiger partial charge in [0.15, 0.2) is 5.96 Å². The number of alkyl halides is 3. The van der Waals surface area contributed by atoms with Crippen molar-refractivity contribution in [3.63, 3.8) is 0 Å². The number of ether oxygens (including phenoxy) is 2. The Balaban J connectivity index is 0.00000784. The Labute approximate surface area is 187 Å². The van der Waals surface area contributed by atoms with Crippen LogP contribution < -0.4 is 15.4 Å². The van der Waals surface area contributed by atoms with E-state index in [4.69, 9.17) is 9.47 Å². The molecule has 0 bridgehead atoms. The van der Waals surface area contributed by atoms with E-state index in [1.807, 2.05) is 13.8 Å². The van der Waals surface area contributed by atoms with Crippen LogP contribution in [-0.2, 0) is 10.9 Å². The van der Waals surface area contributed by atoms with Gasteiger partial charge in [0.05, 0.1) is 12.1 Å². The Morgan fingerprint density at radius 3 is 2.62 bits per heavy atom. The van der Waals surface area contributed by atoms with Crippen LogP contribution in [0.25, 0.3) is 0 Å². The zero-order chi connectivity index (χ0) is 20.8. The number of nitrogens with one attached hydrogen (secondary N) is 2. The molecule has 0 aromatic heterocycles. The number of hydrogen-bond donors (Lipinski definition) is 3. The van der Waals surface area contributed by atoms with Gasteiger partial charge in [0.2, 0.25) is 0 Å². The van der Waals surface area contributed by atoms with E-state index in [-0.39, 0.29) is 42.9 Å². The van der Waals surface area contributed by atoms with E-state index in [1.165, 1.54) is 12.1 Å². The van der Waals surface area contributed by atoms with Gasteiger partial charge in [0.25, 0.3) is 0 Å². The largest absolute Gasteiger partial charge is 0.491 e. The summed E-state index contributed by atoms with van der Waals surface area (Å²) in [5, 5.41) is 16.2. The van der Waals surface area contributed by atoms with Gasteiger partial charge < -0.3 is 25.2 Å². The first-order chi connectivity index (χ1) is 13.4. The minimum absolute atomic E-state index is 0. The third-order valence-corrected chi connectivity index (χ3v) is 3.62. The fourth-order valence-electron chi connectivity index (χ4n) is 2.23. The highest BCUT2D eigenvalue weighted by Crippen LogP contribution is 2.31. The predicted octanol–water partition coefficient (Wildman–Crippen LogP) is 3.43. The van der Waals surface area contributed by atoms with Crippen LogP contribution in [0.4, 0.5) is 13.2 Å². The fraction of sp³-hybridized carbons (Fsp3) is 0.632. The van der Waals surface area contributed by atoms with Crippen molar-refractivity contribution in [2.75, 3.05) is 39.5 Å². The second-order valence-electron chi connectivity index (χ2n) is 6.04. The molecule has 1 rings (SSSR count). The van der Waals surface area contributed by atoms with Crippen molar-refractivity contribution in [3.8, 4) is 5.75 Å². The number of aliphatic hydroxyl groups excluding tert-OH is 1. The monoisotopic (exact) mass is 533 g/mol. The van der Waals surface area contributed by atoms with Crippen LogP contribution >= 0.6 is 24.0 Å². The number of guanidine groups is 1. The number of halogens is 4. The number of rotatable bonds is 12. The first kappa shape index (κ1) is 27.7. The smallest absolute Gasteiger partial charge is 0.416 e. The quantitative estimate of drug-likeness (QED) is 0.166. The first-order valence-electron chi connectivity index (χ1n) is 9.44. The van der Waals surface area contributed by atoms with Crippen molar-refractivity contribution in [1.29, 1.82) is 0 Å². The molecule has 1 aromatic carbocycles. The van der Waals surface area contributed by atoms with Crippen LogP contribution in [0, 0.1) is 0 Å². The lowest BCUT2D eigenvalue weighted by Gasteiger charge is -2.14. The number of aliphatic hydroxyl groups is 1. The number of benzene rings is 1. The van der Waals surface area contributed by atoms with Crippen molar-refractivity contribution in [2.24, 2.45) is 4.99 Å². The van der Waals surface area contributed by atoms with E-state index in [9.17, 15) is 18.3 Å². The Bertz CT molecular complexity index is 589. The van der Waals surface area contributed by atoms with Gasteiger partial charge >= 0.3 is 6.18 Å². The Hall–Kier alpha value is -1.27. The second-order valence-corrected chi connectivity index (χ2v) is 6.04. The molecule has 10 heteroatoms. The van der Waals surface area contributed by atoms with Gasteiger partial charge in [-0.1, -0.05) is 6.07 Å². The van der Waals surface area contributed by atoms with Crippen LogP contribution in [0.15, 0.2) is 29.3 Å². The van der Waals surface area contributed by atoms with Crippen LogP contribution in [0.3, 0.4) is 0 Å². The molecule has 6 nitrogen and oxygen atoms in total. The lowest BCUT2D eigenvalue weighted by molar-refractivity contribution is -0.137. The van der Waals surface area contributed by atoms with Crippen LogP contribution in [0.5, 0.6) is 5.75 Å². The minimum Gasteiger partial charge on any atom is -0.491 e. The zero-order valence-electron chi connectivity index (χ0n) is 16.8. The molecule has 1 unspecified atom stereocenters. The summed E-state index contributed by atoms with van der Waals surface area (Å²) >= 11 is 0. The van der Waals surface area contributed by atoms with E-state index in [1.54, 1.807) is 0 Å².